The van der Waals surface area contributed by atoms with Crippen molar-refractivity contribution in [1.29, 1.82) is 0 Å². The first-order chi connectivity index (χ1) is 15.5. The van der Waals surface area contributed by atoms with Crippen LogP contribution in [0.3, 0.4) is 0 Å². The monoisotopic (exact) mass is 461 g/mol. The van der Waals surface area contributed by atoms with Crippen LogP contribution in [0.25, 0.3) is 0 Å². The quantitative estimate of drug-likeness (QED) is 0.528. The average Bonchev–Trinajstić information content (AvgIpc) is 3.43. The third kappa shape index (κ3) is 5.32. The number of carbonyl (C=O) groups is 1. The number of nitrogens with one attached hydrogen (secondary N) is 2. The maximum atomic E-state index is 13.2. The van der Waals surface area contributed by atoms with Crippen LogP contribution in [-0.4, -0.2) is 52.0 Å². The van der Waals surface area contributed by atoms with Gasteiger partial charge in [-0.15, -0.1) is 20.4 Å². The Hall–Kier alpha value is -3.25. The smallest absolute Gasteiger partial charge is 0.259 e. The fourth-order valence-electron chi connectivity index (χ4n) is 3.37. The molecule has 1 aliphatic rings. The molecule has 1 saturated heterocycles. The molecule has 0 bridgehead atoms. The molecule has 9 nitrogen and oxygen atoms in total. The Morgan fingerprint density at radius 2 is 1.94 bits per heavy atom. The van der Waals surface area contributed by atoms with E-state index in [1.54, 1.807) is 13.0 Å². The lowest BCUT2D eigenvalue weighted by atomic mass is 10.1. The Kier molecular flexibility index (Phi) is 6.81. The number of nitrogens with zero attached hydrogens (tertiary/aromatic N) is 5. The van der Waals surface area contributed by atoms with Gasteiger partial charge in [0.15, 0.2) is 11.9 Å². The number of aromatic nitrogens is 4. The second kappa shape index (κ2) is 9.92. The molecule has 2 atom stereocenters. The van der Waals surface area contributed by atoms with Gasteiger partial charge in [-0.2, -0.15) is 4.39 Å². The second-order valence-corrected chi connectivity index (χ2v) is 8.06. The van der Waals surface area contributed by atoms with Crippen molar-refractivity contribution in [2.75, 3.05) is 35.2 Å². The van der Waals surface area contributed by atoms with E-state index in [2.05, 4.69) is 31.0 Å². The summed E-state index contributed by atoms with van der Waals surface area (Å²) in [6, 6.07) is 8.56. The van der Waals surface area contributed by atoms with Crippen LogP contribution in [-0.2, 0) is 9.53 Å². The first-order valence-electron chi connectivity index (χ1n) is 10.0. The normalized spacial score (nSPS) is 16.7. The van der Waals surface area contributed by atoms with Crippen molar-refractivity contribution in [2.45, 2.75) is 25.5 Å². The lowest BCUT2D eigenvalue weighted by Gasteiger charge is -2.16. The molecule has 1 amide bonds. The molecule has 1 unspecified atom stereocenters. The van der Waals surface area contributed by atoms with E-state index in [-0.39, 0.29) is 11.9 Å². The zero-order valence-electron chi connectivity index (χ0n) is 17.2. The summed E-state index contributed by atoms with van der Waals surface area (Å²) < 4.78 is 31.7. The van der Waals surface area contributed by atoms with Crippen LogP contribution in [0.15, 0.2) is 36.4 Å². The highest BCUT2D eigenvalue weighted by atomic mass is 32.1. The van der Waals surface area contributed by atoms with Gasteiger partial charge >= 0.3 is 0 Å². The van der Waals surface area contributed by atoms with Gasteiger partial charge in [-0.3, -0.25) is 10.1 Å². The van der Waals surface area contributed by atoms with Gasteiger partial charge in [-0.05, 0) is 43.2 Å². The fourth-order valence-corrected chi connectivity index (χ4v) is 4.09. The summed E-state index contributed by atoms with van der Waals surface area (Å²) in [5.74, 6) is -0.801. The molecule has 0 aliphatic carbocycles. The molecule has 0 radical (unpaired) electrons. The summed E-state index contributed by atoms with van der Waals surface area (Å²) in [6.45, 7) is 3.49. The molecule has 2 N–H and O–H groups in total. The van der Waals surface area contributed by atoms with Crippen LogP contribution in [0.5, 0.6) is 0 Å². The molecule has 1 aromatic carbocycles. The van der Waals surface area contributed by atoms with E-state index in [1.165, 1.54) is 41.7 Å². The molecular formula is C20H21F2N7O2S. The van der Waals surface area contributed by atoms with E-state index in [0.717, 1.165) is 13.0 Å². The number of anilines is 3. The number of benzene rings is 1. The number of amides is 1. The van der Waals surface area contributed by atoms with Gasteiger partial charge in [0, 0.05) is 25.7 Å². The Balaban J connectivity index is 1.34. The van der Waals surface area contributed by atoms with Gasteiger partial charge < -0.3 is 15.0 Å². The van der Waals surface area contributed by atoms with E-state index in [0.29, 0.717) is 34.8 Å². The molecule has 4 rings (SSSR count). The van der Waals surface area contributed by atoms with Crippen LogP contribution < -0.4 is 15.5 Å². The van der Waals surface area contributed by atoms with Gasteiger partial charge in [0.2, 0.25) is 16.2 Å². The second-order valence-electron chi connectivity index (χ2n) is 7.08. The topological polar surface area (TPSA) is 105 Å². The number of halogens is 2. The zero-order valence-corrected chi connectivity index (χ0v) is 18.0. The summed E-state index contributed by atoms with van der Waals surface area (Å²) in [5, 5.41) is 22.3. The minimum absolute atomic E-state index is 0.0914. The Bertz CT molecular complexity index is 1050. The molecule has 0 spiro atoms. The first-order valence-corrected chi connectivity index (χ1v) is 10.9. The van der Waals surface area contributed by atoms with Crippen molar-refractivity contribution in [3.8, 4) is 0 Å². The van der Waals surface area contributed by atoms with Gasteiger partial charge in [0.25, 0.3) is 5.91 Å². The number of carbonyl (C=O) groups excluding carboxylic acids is 1. The van der Waals surface area contributed by atoms with Crippen LogP contribution in [0.2, 0.25) is 0 Å². The highest BCUT2D eigenvalue weighted by Gasteiger charge is 2.26. The molecule has 12 heteroatoms. The molecule has 2 aromatic heterocycles. The molecule has 0 saturated carbocycles. The third-order valence-electron chi connectivity index (χ3n) is 4.86. The molecule has 32 heavy (non-hydrogen) atoms. The molecule has 1 fully saturated rings. The Morgan fingerprint density at radius 3 is 2.66 bits per heavy atom. The SMILES string of the molecule is CCOC(C(=O)Nc1nnc(N[C@@H]2CCN(c3ccc(F)nn3)C2)s1)c1ccc(F)cc1. The predicted molar refractivity (Wildman–Crippen MR) is 116 cm³/mol. The summed E-state index contributed by atoms with van der Waals surface area (Å²) in [5.41, 5.74) is 0.545. The van der Waals surface area contributed by atoms with Crippen molar-refractivity contribution in [2.24, 2.45) is 0 Å². The highest BCUT2D eigenvalue weighted by Crippen LogP contribution is 2.26. The third-order valence-corrected chi connectivity index (χ3v) is 5.63. The van der Waals surface area contributed by atoms with Gasteiger partial charge in [-0.1, -0.05) is 23.5 Å². The Labute approximate surface area is 186 Å². The molecule has 3 heterocycles. The number of hydrogen-bond donors (Lipinski definition) is 2. The van der Waals surface area contributed by atoms with Gasteiger partial charge in [-0.25, -0.2) is 4.39 Å². The van der Waals surface area contributed by atoms with E-state index in [4.69, 9.17) is 4.74 Å². The van der Waals surface area contributed by atoms with Crippen molar-refractivity contribution in [3.63, 3.8) is 0 Å². The van der Waals surface area contributed by atoms with Crippen LogP contribution in [0.4, 0.5) is 24.9 Å². The van der Waals surface area contributed by atoms with Crippen molar-refractivity contribution in [3.05, 3.63) is 53.7 Å². The van der Waals surface area contributed by atoms with E-state index in [9.17, 15) is 13.6 Å². The van der Waals surface area contributed by atoms with E-state index in [1.807, 2.05) is 4.90 Å². The summed E-state index contributed by atoms with van der Waals surface area (Å²) >= 11 is 1.20. The summed E-state index contributed by atoms with van der Waals surface area (Å²) in [4.78, 5) is 14.7. The molecular weight excluding hydrogens is 440 g/mol. The summed E-state index contributed by atoms with van der Waals surface area (Å²) in [6.07, 6.45) is -0.0572. The van der Waals surface area contributed by atoms with Crippen LogP contribution in [0, 0.1) is 11.8 Å². The predicted octanol–water partition coefficient (Wildman–Crippen LogP) is 3.01. The van der Waals surface area contributed by atoms with E-state index >= 15 is 0 Å². The van der Waals surface area contributed by atoms with E-state index < -0.39 is 18.0 Å². The standard InChI is InChI=1S/C20H21F2N7O2S/c1-2-31-17(12-3-5-13(21)6-4-12)18(30)24-20-28-27-19(32-20)23-14-9-10-29(11-14)16-8-7-15(22)25-26-16/h3-8,14,17H,2,9-11H2,1H3,(H,23,27)(H,24,28,30)/t14-,17?/m1/s1. The maximum Gasteiger partial charge on any atom is 0.259 e. The highest BCUT2D eigenvalue weighted by molar-refractivity contribution is 7.19. The fraction of sp³-hybridized carbons (Fsp3) is 0.350. The minimum Gasteiger partial charge on any atom is -0.364 e. The molecule has 3 aromatic rings. The number of ether oxygens (including phenoxy) is 1. The Morgan fingerprint density at radius 1 is 1.16 bits per heavy atom. The van der Waals surface area contributed by atoms with Crippen LogP contribution >= 0.6 is 11.3 Å². The van der Waals surface area contributed by atoms with Gasteiger partial charge in [0.05, 0.1) is 0 Å². The van der Waals surface area contributed by atoms with Crippen molar-refractivity contribution >= 4 is 33.3 Å². The molecule has 1 aliphatic heterocycles. The van der Waals surface area contributed by atoms with Crippen molar-refractivity contribution in [1.82, 2.24) is 20.4 Å². The minimum atomic E-state index is -0.888. The largest absolute Gasteiger partial charge is 0.364 e. The maximum absolute atomic E-state index is 13.2. The lowest BCUT2D eigenvalue weighted by Crippen LogP contribution is -2.26. The van der Waals surface area contributed by atoms with Crippen molar-refractivity contribution < 1.29 is 18.3 Å². The zero-order chi connectivity index (χ0) is 22.5. The van der Waals surface area contributed by atoms with Crippen LogP contribution in [0.1, 0.15) is 25.0 Å². The first kappa shape index (κ1) is 22.0. The number of hydrogen-bond acceptors (Lipinski definition) is 9. The average molecular weight is 461 g/mol. The summed E-state index contributed by atoms with van der Waals surface area (Å²) in [7, 11) is 0. The number of rotatable bonds is 8. The molecule has 168 valence electrons. The van der Waals surface area contributed by atoms with Gasteiger partial charge in [0.1, 0.15) is 5.82 Å². The lowest BCUT2D eigenvalue weighted by molar-refractivity contribution is -0.127.